The summed E-state index contributed by atoms with van der Waals surface area (Å²) < 4.78 is 4.78. The molecule has 0 saturated heterocycles. The molecule has 2 unspecified atom stereocenters. The molecule has 94 valence electrons. The van der Waals surface area contributed by atoms with Crippen molar-refractivity contribution in [1.82, 2.24) is 0 Å². The highest BCUT2D eigenvalue weighted by Crippen LogP contribution is 2.41. The van der Waals surface area contributed by atoms with Crippen molar-refractivity contribution in [3.63, 3.8) is 0 Å². The van der Waals surface area contributed by atoms with E-state index in [0.717, 1.165) is 18.8 Å². The van der Waals surface area contributed by atoms with Crippen molar-refractivity contribution >= 4 is 5.97 Å². The second-order valence-corrected chi connectivity index (χ2v) is 5.42. The van der Waals surface area contributed by atoms with Crippen LogP contribution in [0.15, 0.2) is 0 Å². The van der Waals surface area contributed by atoms with Gasteiger partial charge in [0.1, 0.15) is 0 Å². The Bertz CT molecular complexity index is 238. The van der Waals surface area contributed by atoms with Gasteiger partial charge in [0.15, 0.2) is 0 Å². The van der Waals surface area contributed by atoms with Crippen molar-refractivity contribution in [1.29, 1.82) is 0 Å². The summed E-state index contributed by atoms with van der Waals surface area (Å²) in [6.45, 7) is 4.22. The fraction of sp³-hybridized carbons (Fsp3) is 0.923. The number of methoxy groups -OCH3 is 1. The normalized spacial score (nSPS) is 22.0. The van der Waals surface area contributed by atoms with E-state index in [2.05, 4.69) is 13.8 Å². The molecule has 0 bridgehead atoms. The molecule has 0 aromatic carbocycles. The van der Waals surface area contributed by atoms with E-state index in [-0.39, 0.29) is 17.4 Å². The highest BCUT2D eigenvalue weighted by atomic mass is 16.5. The number of rotatable bonds is 6. The maximum Gasteiger partial charge on any atom is 0.306 e. The molecule has 0 aliphatic heterocycles. The Hall–Kier alpha value is -0.570. The number of esters is 1. The first kappa shape index (κ1) is 13.5. The van der Waals surface area contributed by atoms with Crippen molar-refractivity contribution in [2.75, 3.05) is 7.11 Å². The number of nitrogens with two attached hydrogens (primary N) is 1. The lowest BCUT2D eigenvalue weighted by molar-refractivity contribution is -0.144. The van der Waals surface area contributed by atoms with Crippen LogP contribution in [-0.2, 0) is 9.53 Å². The molecule has 2 atom stereocenters. The first-order valence-corrected chi connectivity index (χ1v) is 6.34. The van der Waals surface area contributed by atoms with Crippen LogP contribution in [0.25, 0.3) is 0 Å². The number of ether oxygens (including phenoxy) is 1. The lowest BCUT2D eigenvalue weighted by Crippen LogP contribution is -2.43. The van der Waals surface area contributed by atoms with Crippen LogP contribution in [-0.4, -0.2) is 19.1 Å². The van der Waals surface area contributed by atoms with Gasteiger partial charge in [0.2, 0.25) is 0 Å². The SMILES string of the molecule is CCC(N)C(C)(CC(=O)OC)CC1CCC1. The monoisotopic (exact) mass is 227 g/mol. The third-order valence-electron chi connectivity index (χ3n) is 4.09. The van der Waals surface area contributed by atoms with Gasteiger partial charge in [-0.1, -0.05) is 33.1 Å². The molecule has 1 saturated carbocycles. The Morgan fingerprint density at radius 1 is 1.56 bits per heavy atom. The topological polar surface area (TPSA) is 52.3 Å². The summed E-state index contributed by atoms with van der Waals surface area (Å²) >= 11 is 0. The third kappa shape index (κ3) is 3.21. The minimum Gasteiger partial charge on any atom is -0.469 e. The Balaban J connectivity index is 2.61. The quantitative estimate of drug-likeness (QED) is 0.709. The van der Waals surface area contributed by atoms with Crippen molar-refractivity contribution in [3.8, 4) is 0 Å². The number of hydrogen-bond acceptors (Lipinski definition) is 3. The Kier molecular flexibility index (Phi) is 4.78. The van der Waals surface area contributed by atoms with Crippen molar-refractivity contribution < 1.29 is 9.53 Å². The zero-order valence-corrected chi connectivity index (χ0v) is 10.8. The van der Waals surface area contributed by atoms with Gasteiger partial charge >= 0.3 is 5.97 Å². The minimum absolute atomic E-state index is 0.0900. The van der Waals surface area contributed by atoms with Crippen LogP contribution in [0.2, 0.25) is 0 Å². The summed E-state index contributed by atoms with van der Waals surface area (Å²) in [5.41, 5.74) is 6.08. The van der Waals surface area contributed by atoms with Crippen LogP contribution in [0.5, 0.6) is 0 Å². The minimum atomic E-state index is -0.134. The van der Waals surface area contributed by atoms with Gasteiger partial charge in [-0.2, -0.15) is 0 Å². The van der Waals surface area contributed by atoms with Gasteiger partial charge in [-0.05, 0) is 24.2 Å². The van der Waals surface area contributed by atoms with Crippen LogP contribution < -0.4 is 5.73 Å². The summed E-state index contributed by atoms with van der Waals surface area (Å²) in [7, 11) is 1.45. The van der Waals surface area contributed by atoms with Crippen molar-refractivity contribution in [3.05, 3.63) is 0 Å². The molecule has 0 amide bonds. The molecule has 3 nitrogen and oxygen atoms in total. The van der Waals surface area contributed by atoms with Crippen molar-refractivity contribution in [2.24, 2.45) is 17.1 Å². The van der Waals surface area contributed by atoms with Gasteiger partial charge in [0.05, 0.1) is 13.5 Å². The number of carbonyl (C=O) groups excluding carboxylic acids is 1. The van der Waals surface area contributed by atoms with E-state index in [1.807, 2.05) is 0 Å². The van der Waals surface area contributed by atoms with E-state index < -0.39 is 0 Å². The van der Waals surface area contributed by atoms with Crippen LogP contribution in [0.3, 0.4) is 0 Å². The molecule has 1 fully saturated rings. The first-order chi connectivity index (χ1) is 7.51. The summed E-state index contributed by atoms with van der Waals surface area (Å²) in [5, 5.41) is 0. The molecule has 0 spiro atoms. The highest BCUT2D eigenvalue weighted by Gasteiger charge is 2.37. The van der Waals surface area contributed by atoms with E-state index in [1.165, 1.54) is 26.4 Å². The lowest BCUT2D eigenvalue weighted by Gasteiger charge is -2.40. The maximum absolute atomic E-state index is 11.5. The maximum atomic E-state index is 11.5. The van der Waals surface area contributed by atoms with Crippen molar-refractivity contribution in [2.45, 2.75) is 58.4 Å². The van der Waals surface area contributed by atoms with Crippen LogP contribution >= 0.6 is 0 Å². The molecule has 0 aromatic rings. The Morgan fingerprint density at radius 3 is 2.56 bits per heavy atom. The zero-order chi connectivity index (χ0) is 12.2. The average molecular weight is 227 g/mol. The molecule has 1 rings (SSSR count). The predicted molar refractivity (Wildman–Crippen MR) is 65.0 cm³/mol. The molecule has 2 N–H and O–H groups in total. The van der Waals surface area contributed by atoms with Gasteiger partial charge in [0.25, 0.3) is 0 Å². The summed E-state index contributed by atoms with van der Waals surface area (Å²) in [6, 6.07) is 0.0900. The van der Waals surface area contributed by atoms with E-state index in [1.54, 1.807) is 0 Å². The smallest absolute Gasteiger partial charge is 0.306 e. The van der Waals surface area contributed by atoms with Crippen LogP contribution in [0.1, 0.15) is 52.4 Å². The molecule has 1 aliphatic rings. The lowest BCUT2D eigenvalue weighted by atomic mass is 9.67. The molecule has 0 heterocycles. The number of carbonyl (C=O) groups is 1. The summed E-state index contributed by atoms with van der Waals surface area (Å²) in [6.07, 6.45) is 6.37. The van der Waals surface area contributed by atoms with E-state index in [0.29, 0.717) is 6.42 Å². The van der Waals surface area contributed by atoms with E-state index in [9.17, 15) is 4.79 Å². The fourth-order valence-electron chi connectivity index (χ4n) is 2.61. The highest BCUT2D eigenvalue weighted by molar-refractivity contribution is 5.70. The van der Waals surface area contributed by atoms with E-state index in [4.69, 9.17) is 10.5 Å². The second-order valence-electron chi connectivity index (χ2n) is 5.42. The average Bonchev–Trinajstić information content (AvgIpc) is 2.22. The second kappa shape index (κ2) is 5.67. The molecule has 3 heteroatoms. The van der Waals surface area contributed by atoms with Gasteiger partial charge in [-0.15, -0.1) is 0 Å². The molecule has 16 heavy (non-hydrogen) atoms. The predicted octanol–water partition coefficient (Wildman–Crippen LogP) is 2.48. The first-order valence-electron chi connectivity index (χ1n) is 6.34. The summed E-state index contributed by atoms with van der Waals surface area (Å²) in [5.74, 6) is 0.637. The Morgan fingerprint density at radius 2 is 2.19 bits per heavy atom. The van der Waals surface area contributed by atoms with Gasteiger partial charge in [0, 0.05) is 6.04 Å². The van der Waals surface area contributed by atoms with E-state index >= 15 is 0 Å². The molecular weight excluding hydrogens is 202 g/mol. The van der Waals surface area contributed by atoms with Crippen LogP contribution in [0.4, 0.5) is 0 Å². The largest absolute Gasteiger partial charge is 0.469 e. The Labute approximate surface area is 98.7 Å². The van der Waals surface area contributed by atoms with Gasteiger partial charge in [-0.25, -0.2) is 0 Å². The van der Waals surface area contributed by atoms with Gasteiger partial charge in [-0.3, -0.25) is 4.79 Å². The standard InChI is InChI=1S/C13H25NO2/c1-4-11(14)13(2,9-12(15)16-3)8-10-6-5-7-10/h10-11H,4-9,14H2,1-3H3. The number of hydrogen-bond donors (Lipinski definition) is 1. The molecule has 0 aromatic heterocycles. The third-order valence-corrected chi connectivity index (χ3v) is 4.09. The van der Waals surface area contributed by atoms with Gasteiger partial charge < -0.3 is 10.5 Å². The molecular formula is C13H25NO2. The summed E-state index contributed by atoms with van der Waals surface area (Å²) in [4.78, 5) is 11.5. The molecule has 0 radical (unpaired) electrons. The fourth-order valence-corrected chi connectivity index (χ4v) is 2.61. The zero-order valence-electron chi connectivity index (χ0n) is 10.8. The molecule has 1 aliphatic carbocycles. The van der Waals surface area contributed by atoms with Crippen LogP contribution in [0, 0.1) is 11.3 Å².